The minimum Gasteiger partial charge on any atom is -0.493 e. The highest BCUT2D eigenvalue weighted by molar-refractivity contribution is 6.32. The Balaban J connectivity index is 2.53. The maximum atomic E-state index is 6.22. The summed E-state index contributed by atoms with van der Waals surface area (Å²) in [6, 6.07) is 4.89. The first-order chi connectivity index (χ1) is 10.1. The predicted octanol–water partition coefficient (Wildman–Crippen LogP) is 1.89. The van der Waals surface area contributed by atoms with Gasteiger partial charge in [0.2, 0.25) is 0 Å². The zero-order chi connectivity index (χ0) is 15.4. The lowest BCUT2D eigenvalue weighted by Crippen LogP contribution is -2.29. The molecule has 2 rings (SSSR count). The molecular formula is C14H17ClN4O2. The molecule has 21 heavy (non-hydrogen) atoms. The average molecular weight is 309 g/mol. The van der Waals surface area contributed by atoms with Crippen LogP contribution in [0.2, 0.25) is 5.02 Å². The third-order valence-corrected chi connectivity index (χ3v) is 3.43. The van der Waals surface area contributed by atoms with Crippen LogP contribution < -0.4 is 26.5 Å². The fraction of sp³-hybridized carbons (Fsp3) is 0.214. The van der Waals surface area contributed by atoms with Crippen molar-refractivity contribution in [1.82, 2.24) is 10.4 Å². The highest BCUT2D eigenvalue weighted by atomic mass is 35.5. The molecule has 0 bridgehead atoms. The van der Waals surface area contributed by atoms with Gasteiger partial charge in [-0.05, 0) is 23.8 Å². The molecule has 1 atom stereocenters. The smallest absolute Gasteiger partial charge is 0.179 e. The number of hydrogen-bond donors (Lipinski definition) is 3. The number of pyridine rings is 1. The van der Waals surface area contributed by atoms with Crippen molar-refractivity contribution in [3.05, 3.63) is 46.7 Å². The number of nitrogens with two attached hydrogens (primary N) is 2. The summed E-state index contributed by atoms with van der Waals surface area (Å²) in [5.41, 5.74) is 10.8. The first kappa shape index (κ1) is 15.4. The van der Waals surface area contributed by atoms with E-state index in [2.05, 4.69) is 10.4 Å². The Morgan fingerprint density at radius 1 is 1.29 bits per heavy atom. The summed E-state index contributed by atoms with van der Waals surface area (Å²) in [6.45, 7) is 0. The van der Waals surface area contributed by atoms with Crippen molar-refractivity contribution in [2.75, 3.05) is 20.0 Å². The van der Waals surface area contributed by atoms with Gasteiger partial charge in [0.05, 0.1) is 25.3 Å². The van der Waals surface area contributed by atoms with E-state index in [0.717, 1.165) is 11.1 Å². The fourth-order valence-electron chi connectivity index (χ4n) is 2.13. The van der Waals surface area contributed by atoms with E-state index in [9.17, 15) is 0 Å². The van der Waals surface area contributed by atoms with Crippen LogP contribution in [0.25, 0.3) is 0 Å². The number of nitrogens with zero attached hydrogens (tertiary/aromatic N) is 1. The average Bonchev–Trinajstić information content (AvgIpc) is 2.49. The number of ether oxygens (including phenoxy) is 2. The molecule has 6 nitrogen and oxygen atoms in total. The zero-order valence-electron chi connectivity index (χ0n) is 11.8. The highest BCUT2D eigenvalue weighted by Crippen LogP contribution is 2.39. The van der Waals surface area contributed by atoms with Crippen molar-refractivity contribution in [1.29, 1.82) is 0 Å². The van der Waals surface area contributed by atoms with Gasteiger partial charge in [-0.15, -0.1) is 0 Å². The van der Waals surface area contributed by atoms with Crippen LogP contribution in [-0.2, 0) is 0 Å². The van der Waals surface area contributed by atoms with Crippen molar-refractivity contribution < 1.29 is 9.47 Å². The van der Waals surface area contributed by atoms with Gasteiger partial charge < -0.3 is 15.2 Å². The second kappa shape index (κ2) is 6.62. The summed E-state index contributed by atoms with van der Waals surface area (Å²) < 4.78 is 10.5. The van der Waals surface area contributed by atoms with Crippen LogP contribution >= 0.6 is 11.6 Å². The summed E-state index contributed by atoms with van der Waals surface area (Å²) in [4.78, 5) is 4.07. The Morgan fingerprint density at radius 2 is 2.05 bits per heavy atom. The Labute approximate surface area is 128 Å². The van der Waals surface area contributed by atoms with Crippen LogP contribution in [0.5, 0.6) is 11.5 Å². The molecule has 0 spiro atoms. The molecule has 1 heterocycles. The predicted molar refractivity (Wildman–Crippen MR) is 82.4 cm³/mol. The van der Waals surface area contributed by atoms with E-state index in [0.29, 0.717) is 22.2 Å². The van der Waals surface area contributed by atoms with Crippen LogP contribution in [0.1, 0.15) is 17.2 Å². The number of halogens is 1. The lowest BCUT2D eigenvalue weighted by molar-refractivity contribution is 0.354. The van der Waals surface area contributed by atoms with Crippen LogP contribution in [0.4, 0.5) is 5.69 Å². The third kappa shape index (κ3) is 3.02. The van der Waals surface area contributed by atoms with Gasteiger partial charge in [0.15, 0.2) is 11.5 Å². The monoisotopic (exact) mass is 308 g/mol. The molecular weight excluding hydrogens is 292 g/mol. The van der Waals surface area contributed by atoms with Gasteiger partial charge in [0, 0.05) is 23.6 Å². The largest absolute Gasteiger partial charge is 0.493 e. The van der Waals surface area contributed by atoms with Crippen LogP contribution in [-0.4, -0.2) is 19.2 Å². The summed E-state index contributed by atoms with van der Waals surface area (Å²) in [5.74, 6) is 6.66. The molecule has 1 aromatic heterocycles. The van der Waals surface area contributed by atoms with E-state index < -0.39 is 0 Å². The van der Waals surface area contributed by atoms with Crippen LogP contribution in [0, 0.1) is 0 Å². The second-order valence-electron chi connectivity index (χ2n) is 4.34. The van der Waals surface area contributed by atoms with Gasteiger partial charge in [-0.1, -0.05) is 11.6 Å². The SMILES string of the molecule is COc1cc(C(NN)c2cnccc2N)cc(Cl)c1OC. The molecule has 1 unspecified atom stereocenters. The quantitative estimate of drug-likeness (QED) is 0.576. The van der Waals surface area contributed by atoms with Gasteiger partial charge >= 0.3 is 0 Å². The minimum atomic E-state index is -0.365. The van der Waals surface area contributed by atoms with Gasteiger partial charge in [0.1, 0.15) is 0 Å². The van der Waals surface area contributed by atoms with E-state index in [4.69, 9.17) is 32.7 Å². The molecule has 2 aromatic rings. The number of nitrogens with one attached hydrogen (secondary N) is 1. The fourth-order valence-corrected chi connectivity index (χ4v) is 2.43. The van der Waals surface area contributed by atoms with Crippen molar-refractivity contribution in [2.24, 2.45) is 5.84 Å². The lowest BCUT2D eigenvalue weighted by Gasteiger charge is -2.20. The van der Waals surface area contributed by atoms with E-state index in [1.807, 2.05) is 0 Å². The summed E-state index contributed by atoms with van der Waals surface area (Å²) in [7, 11) is 3.07. The number of anilines is 1. The molecule has 0 aliphatic heterocycles. The summed E-state index contributed by atoms with van der Waals surface area (Å²) >= 11 is 6.22. The molecule has 7 heteroatoms. The third-order valence-electron chi connectivity index (χ3n) is 3.15. The standard InChI is InChI=1S/C14H17ClN4O2/c1-20-12-6-8(5-10(15)14(12)21-2)13(19-17)9-7-18-4-3-11(9)16/h3-7,13,19H,17H2,1-2H3,(H2,16,18). The van der Waals surface area contributed by atoms with Crippen molar-refractivity contribution >= 4 is 17.3 Å². The number of rotatable bonds is 5. The molecule has 0 saturated heterocycles. The number of nitrogen functional groups attached to an aromatic ring is 1. The molecule has 0 aliphatic carbocycles. The first-order valence-corrected chi connectivity index (χ1v) is 6.57. The zero-order valence-corrected chi connectivity index (χ0v) is 12.5. The van der Waals surface area contributed by atoms with Gasteiger partial charge in [-0.25, -0.2) is 5.43 Å². The number of hydrazine groups is 1. The second-order valence-corrected chi connectivity index (χ2v) is 4.75. The van der Waals surface area contributed by atoms with Crippen LogP contribution in [0.15, 0.2) is 30.6 Å². The van der Waals surface area contributed by atoms with Crippen molar-refractivity contribution in [2.45, 2.75) is 6.04 Å². The Hall–Kier alpha value is -2.02. The topological polar surface area (TPSA) is 95.4 Å². The van der Waals surface area contributed by atoms with E-state index in [1.54, 1.807) is 37.7 Å². The minimum absolute atomic E-state index is 0.365. The first-order valence-electron chi connectivity index (χ1n) is 6.19. The summed E-state index contributed by atoms with van der Waals surface area (Å²) in [6.07, 6.45) is 3.28. The van der Waals surface area contributed by atoms with Crippen LogP contribution in [0.3, 0.4) is 0 Å². The normalized spacial score (nSPS) is 12.0. The van der Waals surface area contributed by atoms with Gasteiger partial charge in [-0.3, -0.25) is 10.8 Å². The molecule has 1 aromatic carbocycles. The Bertz CT molecular complexity index is 636. The van der Waals surface area contributed by atoms with E-state index in [1.165, 1.54) is 7.11 Å². The maximum absolute atomic E-state index is 6.22. The lowest BCUT2D eigenvalue weighted by atomic mass is 9.99. The van der Waals surface area contributed by atoms with Gasteiger partial charge in [0.25, 0.3) is 0 Å². The van der Waals surface area contributed by atoms with Gasteiger partial charge in [-0.2, -0.15) is 0 Å². The summed E-state index contributed by atoms with van der Waals surface area (Å²) in [5, 5.41) is 0.426. The maximum Gasteiger partial charge on any atom is 0.179 e. The molecule has 0 amide bonds. The molecule has 0 aliphatic rings. The molecule has 0 saturated carbocycles. The van der Waals surface area contributed by atoms with E-state index in [-0.39, 0.29) is 6.04 Å². The number of benzene rings is 1. The van der Waals surface area contributed by atoms with E-state index >= 15 is 0 Å². The van der Waals surface area contributed by atoms with Crippen molar-refractivity contribution in [3.63, 3.8) is 0 Å². The molecule has 5 N–H and O–H groups in total. The highest BCUT2D eigenvalue weighted by Gasteiger charge is 2.19. The molecule has 112 valence electrons. The number of methoxy groups -OCH3 is 2. The Morgan fingerprint density at radius 3 is 2.62 bits per heavy atom. The van der Waals surface area contributed by atoms with Crippen molar-refractivity contribution in [3.8, 4) is 11.5 Å². The molecule has 0 radical (unpaired) electrons. The molecule has 0 fully saturated rings. The Kier molecular flexibility index (Phi) is 4.85. The number of hydrogen-bond acceptors (Lipinski definition) is 6. The number of aromatic nitrogens is 1.